The predicted octanol–water partition coefficient (Wildman–Crippen LogP) is 3.98. The van der Waals surface area contributed by atoms with E-state index < -0.39 is 0 Å². The van der Waals surface area contributed by atoms with E-state index in [-0.39, 0.29) is 10.7 Å². The molecule has 0 aromatic rings. The zero-order valence-electron chi connectivity index (χ0n) is 15.3. The average Bonchev–Trinajstić information content (AvgIpc) is 2.48. The minimum absolute atomic E-state index is 0.118. The SMILES string of the molecule is C/C=C/CNC(=O)CCCCOCSSC(C)(C)CNC(C)C. The van der Waals surface area contributed by atoms with Gasteiger partial charge in [-0.15, -0.1) is 0 Å². The lowest BCUT2D eigenvalue weighted by atomic mass is 10.2. The third-order valence-electron chi connectivity index (χ3n) is 2.95. The molecule has 0 aliphatic heterocycles. The van der Waals surface area contributed by atoms with Gasteiger partial charge in [0.2, 0.25) is 5.91 Å². The van der Waals surface area contributed by atoms with E-state index in [0.717, 1.165) is 26.0 Å². The molecule has 6 heteroatoms. The highest BCUT2D eigenvalue weighted by molar-refractivity contribution is 8.77. The molecule has 23 heavy (non-hydrogen) atoms. The third-order valence-corrected chi connectivity index (χ3v) is 5.92. The topological polar surface area (TPSA) is 50.4 Å². The summed E-state index contributed by atoms with van der Waals surface area (Å²) in [5, 5.41) is 6.32. The van der Waals surface area contributed by atoms with Gasteiger partial charge in [0.15, 0.2) is 0 Å². The molecule has 0 bridgehead atoms. The summed E-state index contributed by atoms with van der Waals surface area (Å²) in [6, 6.07) is 0.520. The van der Waals surface area contributed by atoms with Crippen LogP contribution in [-0.2, 0) is 9.53 Å². The van der Waals surface area contributed by atoms with Gasteiger partial charge in [0.25, 0.3) is 0 Å². The van der Waals surface area contributed by atoms with Crippen molar-refractivity contribution in [1.29, 1.82) is 0 Å². The Hall–Kier alpha value is -0.170. The van der Waals surface area contributed by atoms with Crippen molar-refractivity contribution in [2.24, 2.45) is 0 Å². The zero-order chi connectivity index (χ0) is 17.6. The largest absolute Gasteiger partial charge is 0.370 e. The van der Waals surface area contributed by atoms with Crippen molar-refractivity contribution in [2.75, 3.05) is 25.6 Å². The van der Waals surface area contributed by atoms with Gasteiger partial charge in [0.1, 0.15) is 5.94 Å². The summed E-state index contributed by atoms with van der Waals surface area (Å²) in [5.41, 5.74) is 0. The van der Waals surface area contributed by atoms with Gasteiger partial charge < -0.3 is 15.4 Å². The van der Waals surface area contributed by atoms with Crippen molar-refractivity contribution in [2.45, 2.75) is 64.7 Å². The van der Waals surface area contributed by atoms with E-state index in [1.165, 1.54) is 0 Å². The first-order chi connectivity index (χ1) is 10.9. The molecule has 0 fully saturated rings. The fourth-order valence-electron chi connectivity index (χ4n) is 1.62. The quantitative estimate of drug-likeness (QED) is 0.212. The molecule has 0 atom stereocenters. The highest BCUT2D eigenvalue weighted by Gasteiger charge is 2.18. The molecule has 0 rings (SSSR count). The monoisotopic (exact) mass is 362 g/mol. The highest BCUT2D eigenvalue weighted by Crippen LogP contribution is 2.35. The number of carbonyl (C=O) groups excluding carboxylic acids is 1. The maximum atomic E-state index is 11.5. The van der Waals surface area contributed by atoms with Gasteiger partial charge in [-0.1, -0.05) is 47.6 Å². The van der Waals surface area contributed by atoms with E-state index >= 15 is 0 Å². The van der Waals surface area contributed by atoms with Crippen molar-refractivity contribution in [3.8, 4) is 0 Å². The van der Waals surface area contributed by atoms with E-state index in [0.29, 0.717) is 24.9 Å². The molecule has 0 aromatic heterocycles. The molecule has 0 aromatic carbocycles. The predicted molar refractivity (Wildman–Crippen MR) is 105 cm³/mol. The second kappa shape index (κ2) is 14.2. The molecule has 0 unspecified atom stereocenters. The summed E-state index contributed by atoms with van der Waals surface area (Å²) in [6.45, 7) is 13.1. The normalized spacial score (nSPS) is 12.3. The van der Waals surface area contributed by atoms with Crippen LogP contribution < -0.4 is 10.6 Å². The minimum atomic E-state index is 0.118. The molecule has 0 saturated heterocycles. The molecule has 0 saturated carbocycles. The summed E-state index contributed by atoms with van der Waals surface area (Å²) in [6.07, 6.45) is 6.26. The molecular weight excluding hydrogens is 328 g/mol. The summed E-state index contributed by atoms with van der Waals surface area (Å²) < 4.78 is 5.81. The van der Waals surface area contributed by atoms with Crippen LogP contribution in [0.15, 0.2) is 12.2 Å². The Bertz CT molecular complexity index is 335. The zero-order valence-corrected chi connectivity index (χ0v) is 16.9. The van der Waals surface area contributed by atoms with Crippen molar-refractivity contribution in [1.82, 2.24) is 10.6 Å². The van der Waals surface area contributed by atoms with Crippen LogP contribution in [0, 0.1) is 0 Å². The third kappa shape index (κ3) is 16.5. The van der Waals surface area contributed by atoms with Gasteiger partial charge in [-0.05, 0) is 33.6 Å². The standard InChI is InChI=1S/C17H34N2O2S2/c1-6-7-11-18-16(20)10-8-9-12-21-14-22-23-17(4,5)13-19-15(2)3/h6-7,15,19H,8-14H2,1-5H3,(H,18,20)/b7-6+. The second-order valence-corrected chi connectivity index (χ2v) is 9.30. The molecule has 2 N–H and O–H groups in total. The Morgan fingerprint density at radius 3 is 2.70 bits per heavy atom. The fraction of sp³-hybridized carbons (Fsp3) is 0.824. The number of amides is 1. The number of nitrogens with one attached hydrogen (secondary N) is 2. The molecule has 1 amide bonds. The lowest BCUT2D eigenvalue weighted by Gasteiger charge is -2.24. The lowest BCUT2D eigenvalue weighted by Crippen LogP contribution is -2.35. The van der Waals surface area contributed by atoms with Gasteiger partial charge in [-0.2, -0.15) is 0 Å². The Morgan fingerprint density at radius 1 is 1.30 bits per heavy atom. The van der Waals surface area contributed by atoms with E-state index in [1.54, 1.807) is 10.8 Å². The Morgan fingerprint density at radius 2 is 2.04 bits per heavy atom. The number of hydrogen-bond acceptors (Lipinski definition) is 5. The van der Waals surface area contributed by atoms with Gasteiger partial charge in [0.05, 0.1) is 0 Å². The van der Waals surface area contributed by atoms with Gasteiger partial charge in [-0.25, -0.2) is 0 Å². The second-order valence-electron chi connectivity index (χ2n) is 6.35. The van der Waals surface area contributed by atoms with Crippen molar-refractivity contribution >= 4 is 27.5 Å². The molecular formula is C17H34N2O2S2. The summed E-state index contributed by atoms with van der Waals surface area (Å²) in [4.78, 5) is 11.5. The molecule has 0 heterocycles. The summed E-state index contributed by atoms with van der Waals surface area (Å²) in [7, 11) is 3.62. The number of rotatable bonds is 14. The van der Waals surface area contributed by atoms with Crippen molar-refractivity contribution in [3.63, 3.8) is 0 Å². The lowest BCUT2D eigenvalue weighted by molar-refractivity contribution is -0.121. The van der Waals surface area contributed by atoms with Crippen LogP contribution in [-0.4, -0.2) is 42.3 Å². The van der Waals surface area contributed by atoms with E-state index in [2.05, 4.69) is 38.3 Å². The maximum Gasteiger partial charge on any atom is 0.220 e. The van der Waals surface area contributed by atoms with Crippen molar-refractivity contribution < 1.29 is 9.53 Å². The van der Waals surface area contributed by atoms with E-state index in [1.807, 2.05) is 29.9 Å². The number of hydrogen-bond donors (Lipinski definition) is 2. The molecule has 0 spiro atoms. The van der Waals surface area contributed by atoms with Crippen LogP contribution in [0.1, 0.15) is 53.9 Å². The highest BCUT2D eigenvalue weighted by atomic mass is 33.1. The van der Waals surface area contributed by atoms with Gasteiger partial charge in [0, 0.05) is 36.9 Å². The number of carbonyl (C=O) groups is 1. The average molecular weight is 363 g/mol. The fourth-order valence-corrected chi connectivity index (χ4v) is 3.80. The molecule has 0 aliphatic carbocycles. The van der Waals surface area contributed by atoms with Crippen LogP contribution in [0.4, 0.5) is 0 Å². The molecule has 136 valence electrons. The maximum absolute atomic E-state index is 11.5. The summed E-state index contributed by atoms with van der Waals surface area (Å²) >= 11 is 0. The van der Waals surface area contributed by atoms with Crippen LogP contribution in [0.3, 0.4) is 0 Å². The first-order valence-electron chi connectivity index (χ1n) is 8.37. The number of allylic oxidation sites excluding steroid dienone is 1. The summed E-state index contributed by atoms with van der Waals surface area (Å²) in [5.74, 6) is 0.816. The Kier molecular flexibility index (Phi) is 14.1. The van der Waals surface area contributed by atoms with Crippen LogP contribution in [0.25, 0.3) is 0 Å². The first-order valence-corrected chi connectivity index (χ1v) is 10.7. The van der Waals surface area contributed by atoms with Gasteiger partial charge >= 0.3 is 0 Å². The Balaban J connectivity index is 3.44. The number of unbranched alkanes of at least 4 members (excludes halogenated alkanes) is 1. The van der Waals surface area contributed by atoms with Crippen LogP contribution >= 0.6 is 21.6 Å². The van der Waals surface area contributed by atoms with Crippen molar-refractivity contribution in [3.05, 3.63) is 12.2 Å². The smallest absolute Gasteiger partial charge is 0.220 e. The molecule has 4 nitrogen and oxygen atoms in total. The van der Waals surface area contributed by atoms with E-state index in [4.69, 9.17) is 4.74 Å². The van der Waals surface area contributed by atoms with Crippen LogP contribution in [0.5, 0.6) is 0 Å². The molecule has 0 aliphatic rings. The van der Waals surface area contributed by atoms with Gasteiger partial charge in [-0.3, -0.25) is 4.79 Å². The molecule has 0 radical (unpaired) electrons. The Labute approximate surface area is 150 Å². The number of ether oxygens (including phenoxy) is 1. The first kappa shape index (κ1) is 22.8. The minimum Gasteiger partial charge on any atom is -0.370 e. The van der Waals surface area contributed by atoms with Crippen LogP contribution in [0.2, 0.25) is 0 Å². The van der Waals surface area contributed by atoms with E-state index in [9.17, 15) is 4.79 Å².